The zero-order chi connectivity index (χ0) is 32.6. The number of hydrogen-bond acceptors (Lipinski definition) is 6. The van der Waals surface area contributed by atoms with Gasteiger partial charge in [-0.15, -0.1) is 11.3 Å². The molecule has 3 heterocycles. The molecule has 230 valence electrons. The van der Waals surface area contributed by atoms with Gasteiger partial charge in [-0.05, 0) is 30.3 Å². The van der Waals surface area contributed by atoms with Gasteiger partial charge < -0.3 is 0 Å². The van der Waals surface area contributed by atoms with Crippen LogP contribution in [0.5, 0.6) is 0 Å². The van der Waals surface area contributed by atoms with Crippen molar-refractivity contribution in [2.24, 2.45) is 0 Å². The third-order valence-electron chi connectivity index (χ3n) is 8.55. The third-order valence-corrected chi connectivity index (χ3v) is 9.69. The molecule has 5 nitrogen and oxygen atoms in total. The third kappa shape index (κ3) is 5.64. The van der Waals surface area contributed by atoms with Gasteiger partial charge in [0.2, 0.25) is 0 Å². The molecule has 0 bridgehead atoms. The fraction of sp³-hybridized carbons (Fsp3) is 0. The van der Waals surface area contributed by atoms with E-state index < -0.39 is 0 Å². The molecule has 0 amide bonds. The molecule has 0 saturated heterocycles. The lowest BCUT2D eigenvalue weighted by molar-refractivity contribution is 1.07. The van der Waals surface area contributed by atoms with Gasteiger partial charge in [-0.2, -0.15) is 0 Å². The Labute approximate surface area is 287 Å². The molecule has 0 aliphatic carbocycles. The highest BCUT2D eigenvalue weighted by Gasteiger charge is 2.16. The first-order chi connectivity index (χ1) is 24.2. The van der Waals surface area contributed by atoms with E-state index in [2.05, 4.69) is 66.7 Å². The van der Waals surface area contributed by atoms with Crippen molar-refractivity contribution in [2.45, 2.75) is 0 Å². The Morgan fingerprint density at radius 1 is 0.286 bits per heavy atom. The zero-order valence-corrected chi connectivity index (χ0v) is 27.0. The first-order valence-corrected chi connectivity index (χ1v) is 16.9. The quantitative estimate of drug-likeness (QED) is 0.180. The number of rotatable bonds is 6. The molecular formula is C43H27N5S. The number of hydrogen-bond donors (Lipinski definition) is 0. The molecule has 9 aromatic rings. The Morgan fingerprint density at radius 2 is 0.735 bits per heavy atom. The van der Waals surface area contributed by atoms with Crippen LogP contribution in [0.15, 0.2) is 164 Å². The molecule has 0 aliphatic rings. The summed E-state index contributed by atoms with van der Waals surface area (Å²) in [6.07, 6.45) is 0. The van der Waals surface area contributed by atoms with Crippen LogP contribution in [-0.4, -0.2) is 24.9 Å². The zero-order valence-electron chi connectivity index (χ0n) is 26.2. The molecule has 9 rings (SSSR count). The van der Waals surface area contributed by atoms with E-state index in [-0.39, 0.29) is 0 Å². The molecule has 49 heavy (non-hydrogen) atoms. The second-order valence-corrected chi connectivity index (χ2v) is 12.8. The SMILES string of the molecule is c1ccc(-c2cc(-c3ccc4c(c3)sc3ccc(-c5nc(-c6ccccc6)nc(-c6ccccc6)n5)cc34)nc(-c3ccccc3)n2)cc1. The first kappa shape index (κ1) is 28.8. The molecule has 6 heteroatoms. The van der Waals surface area contributed by atoms with Crippen molar-refractivity contribution in [2.75, 3.05) is 0 Å². The van der Waals surface area contributed by atoms with Gasteiger partial charge in [0.1, 0.15) is 0 Å². The number of aromatic nitrogens is 5. The van der Waals surface area contributed by atoms with E-state index in [1.165, 1.54) is 20.2 Å². The molecule has 3 aromatic heterocycles. The van der Waals surface area contributed by atoms with Crippen LogP contribution in [0.4, 0.5) is 0 Å². The van der Waals surface area contributed by atoms with Crippen molar-refractivity contribution in [1.29, 1.82) is 0 Å². The molecule has 0 fully saturated rings. The smallest absolute Gasteiger partial charge is 0.164 e. The summed E-state index contributed by atoms with van der Waals surface area (Å²) in [5.74, 6) is 2.66. The summed E-state index contributed by atoms with van der Waals surface area (Å²) in [4.78, 5) is 24.8. The number of fused-ring (bicyclic) bond motifs is 3. The number of thiophene rings is 1. The van der Waals surface area contributed by atoms with E-state index in [9.17, 15) is 0 Å². The maximum Gasteiger partial charge on any atom is 0.164 e. The summed E-state index contributed by atoms with van der Waals surface area (Å²) >= 11 is 1.78. The van der Waals surface area contributed by atoms with Crippen molar-refractivity contribution >= 4 is 31.5 Å². The summed E-state index contributed by atoms with van der Waals surface area (Å²) in [7, 11) is 0. The summed E-state index contributed by atoms with van der Waals surface area (Å²) in [5.41, 5.74) is 7.73. The van der Waals surface area contributed by atoms with Gasteiger partial charge in [-0.25, -0.2) is 24.9 Å². The van der Waals surface area contributed by atoms with E-state index in [0.29, 0.717) is 23.3 Å². The van der Waals surface area contributed by atoms with E-state index in [1.807, 2.05) is 97.1 Å². The van der Waals surface area contributed by atoms with Crippen LogP contribution in [-0.2, 0) is 0 Å². The Kier molecular flexibility index (Phi) is 7.26. The molecular weight excluding hydrogens is 619 g/mol. The Balaban J connectivity index is 1.15. The predicted octanol–water partition coefficient (Wildman–Crippen LogP) is 11.0. The molecule has 0 N–H and O–H groups in total. The van der Waals surface area contributed by atoms with Crippen molar-refractivity contribution in [3.63, 3.8) is 0 Å². The van der Waals surface area contributed by atoms with Gasteiger partial charge in [0.15, 0.2) is 23.3 Å². The van der Waals surface area contributed by atoms with Crippen LogP contribution < -0.4 is 0 Å². The van der Waals surface area contributed by atoms with Crippen LogP contribution in [0.3, 0.4) is 0 Å². The maximum atomic E-state index is 5.05. The second-order valence-electron chi connectivity index (χ2n) is 11.8. The largest absolute Gasteiger partial charge is 0.228 e. The van der Waals surface area contributed by atoms with Crippen LogP contribution in [0.1, 0.15) is 0 Å². The lowest BCUT2D eigenvalue weighted by atomic mass is 10.0. The van der Waals surface area contributed by atoms with E-state index >= 15 is 0 Å². The van der Waals surface area contributed by atoms with Crippen LogP contribution in [0.2, 0.25) is 0 Å². The minimum absolute atomic E-state index is 0.647. The Hall–Kier alpha value is -6.37. The van der Waals surface area contributed by atoms with Crippen molar-refractivity contribution in [3.05, 3.63) is 164 Å². The Bertz CT molecular complexity index is 2470. The minimum atomic E-state index is 0.647. The van der Waals surface area contributed by atoms with Crippen LogP contribution in [0.25, 0.3) is 88.2 Å². The topological polar surface area (TPSA) is 64.5 Å². The molecule has 0 radical (unpaired) electrons. The van der Waals surface area contributed by atoms with E-state index in [1.54, 1.807) is 11.3 Å². The summed E-state index contributed by atoms with van der Waals surface area (Å²) in [6, 6.07) is 55.8. The molecule has 0 atom stereocenters. The summed E-state index contributed by atoms with van der Waals surface area (Å²) in [5, 5.41) is 2.36. The van der Waals surface area contributed by atoms with Gasteiger partial charge in [0.05, 0.1) is 11.4 Å². The first-order valence-electron chi connectivity index (χ1n) is 16.1. The monoisotopic (exact) mass is 645 g/mol. The second kappa shape index (κ2) is 12.3. The summed E-state index contributed by atoms with van der Waals surface area (Å²) < 4.78 is 2.39. The van der Waals surface area contributed by atoms with Crippen molar-refractivity contribution in [1.82, 2.24) is 24.9 Å². The van der Waals surface area contributed by atoms with Gasteiger partial charge in [0.25, 0.3) is 0 Å². The standard InChI is InChI=1S/C43H27N5S/c1-5-13-28(14-6-1)36-27-37(45-40(44-36)29-15-7-2-8-16-29)32-21-23-34-35-25-33(22-24-38(35)49-39(34)26-32)43-47-41(30-17-9-3-10-18-30)46-42(48-43)31-19-11-4-12-20-31/h1-27H. The average Bonchev–Trinajstić information content (AvgIpc) is 3.56. The maximum absolute atomic E-state index is 5.05. The van der Waals surface area contributed by atoms with Gasteiger partial charge >= 0.3 is 0 Å². The Morgan fingerprint density at radius 3 is 1.29 bits per heavy atom. The lowest BCUT2D eigenvalue weighted by Crippen LogP contribution is -2.00. The van der Waals surface area contributed by atoms with E-state index in [0.717, 1.165) is 44.8 Å². The highest BCUT2D eigenvalue weighted by Crippen LogP contribution is 2.39. The molecule has 0 aliphatic heterocycles. The van der Waals surface area contributed by atoms with Crippen molar-refractivity contribution < 1.29 is 0 Å². The fourth-order valence-electron chi connectivity index (χ4n) is 6.08. The minimum Gasteiger partial charge on any atom is -0.228 e. The van der Waals surface area contributed by atoms with Gasteiger partial charge in [-0.3, -0.25) is 0 Å². The molecule has 0 saturated carbocycles. The lowest BCUT2D eigenvalue weighted by Gasteiger charge is -2.09. The molecule has 0 spiro atoms. The normalized spacial score (nSPS) is 11.3. The fourth-order valence-corrected chi connectivity index (χ4v) is 7.21. The number of benzene rings is 6. The molecule has 0 unspecified atom stereocenters. The molecule has 6 aromatic carbocycles. The highest BCUT2D eigenvalue weighted by molar-refractivity contribution is 7.25. The summed E-state index contributed by atoms with van der Waals surface area (Å²) in [6.45, 7) is 0. The predicted molar refractivity (Wildman–Crippen MR) is 201 cm³/mol. The van der Waals surface area contributed by atoms with Gasteiger partial charge in [0, 0.05) is 53.6 Å². The highest BCUT2D eigenvalue weighted by atomic mass is 32.1. The van der Waals surface area contributed by atoms with Crippen LogP contribution in [0, 0.1) is 0 Å². The van der Waals surface area contributed by atoms with Crippen molar-refractivity contribution in [3.8, 4) is 68.1 Å². The van der Waals surface area contributed by atoms with E-state index in [4.69, 9.17) is 24.9 Å². The number of nitrogens with zero attached hydrogens (tertiary/aromatic N) is 5. The average molecular weight is 646 g/mol. The van der Waals surface area contributed by atoms with Gasteiger partial charge in [-0.1, -0.05) is 133 Å². The van der Waals surface area contributed by atoms with Crippen LogP contribution >= 0.6 is 11.3 Å².